The van der Waals surface area contributed by atoms with Gasteiger partial charge in [-0.1, -0.05) is 6.08 Å². The Kier molecular flexibility index (Phi) is 3.01. The molecule has 1 heterocycles. The van der Waals surface area contributed by atoms with E-state index >= 15 is 0 Å². The number of hydrogen-bond donors (Lipinski definition) is 1. The Hall–Kier alpha value is -1.29. The standard InChI is InChI=1S/C12H16O4/c1-7-11-8(5-13)3-4-9(11)10(6-16-7)12(14)15-2/h3,6-7,9,11,13H,4-5H2,1-2H3. The molecule has 3 unspecified atom stereocenters. The van der Waals surface area contributed by atoms with E-state index in [0.717, 1.165) is 12.0 Å². The Bertz CT molecular complexity index is 356. The van der Waals surface area contributed by atoms with Crippen LogP contribution in [0.15, 0.2) is 23.5 Å². The molecule has 4 heteroatoms. The fraction of sp³-hybridized carbons (Fsp3) is 0.583. The maximum Gasteiger partial charge on any atom is 0.337 e. The van der Waals surface area contributed by atoms with Gasteiger partial charge in [0.05, 0.1) is 25.6 Å². The number of methoxy groups -OCH3 is 1. The summed E-state index contributed by atoms with van der Waals surface area (Å²) in [6, 6.07) is 0. The molecule has 1 N–H and O–H groups in total. The molecule has 0 aromatic carbocycles. The molecule has 0 saturated carbocycles. The summed E-state index contributed by atoms with van der Waals surface area (Å²) in [5.41, 5.74) is 1.54. The molecule has 0 aromatic rings. The van der Waals surface area contributed by atoms with Crippen LogP contribution in [0.2, 0.25) is 0 Å². The topological polar surface area (TPSA) is 55.8 Å². The zero-order valence-electron chi connectivity index (χ0n) is 9.47. The maximum absolute atomic E-state index is 11.6. The first-order valence-electron chi connectivity index (χ1n) is 5.42. The fourth-order valence-corrected chi connectivity index (χ4v) is 2.61. The smallest absolute Gasteiger partial charge is 0.337 e. The molecular weight excluding hydrogens is 208 g/mol. The largest absolute Gasteiger partial charge is 0.497 e. The van der Waals surface area contributed by atoms with E-state index in [1.807, 2.05) is 13.0 Å². The number of aliphatic hydroxyl groups excluding tert-OH is 1. The molecule has 0 aromatic heterocycles. The van der Waals surface area contributed by atoms with Gasteiger partial charge in [0, 0.05) is 11.8 Å². The van der Waals surface area contributed by atoms with Crippen LogP contribution in [0.5, 0.6) is 0 Å². The van der Waals surface area contributed by atoms with Crippen LogP contribution in [0.25, 0.3) is 0 Å². The normalized spacial score (nSPS) is 32.3. The zero-order chi connectivity index (χ0) is 11.7. The van der Waals surface area contributed by atoms with Crippen LogP contribution in [-0.2, 0) is 14.3 Å². The summed E-state index contributed by atoms with van der Waals surface area (Å²) in [4.78, 5) is 11.6. The summed E-state index contributed by atoms with van der Waals surface area (Å²) in [7, 11) is 1.37. The first-order valence-corrected chi connectivity index (χ1v) is 5.42. The molecule has 3 atom stereocenters. The van der Waals surface area contributed by atoms with Gasteiger partial charge in [0.1, 0.15) is 6.10 Å². The van der Waals surface area contributed by atoms with E-state index in [4.69, 9.17) is 9.47 Å². The first kappa shape index (κ1) is 11.2. The van der Waals surface area contributed by atoms with E-state index in [9.17, 15) is 9.90 Å². The van der Waals surface area contributed by atoms with Gasteiger partial charge >= 0.3 is 5.97 Å². The Balaban J connectivity index is 2.26. The second-order valence-corrected chi connectivity index (χ2v) is 4.21. The molecule has 0 fully saturated rings. The number of carbonyl (C=O) groups excluding carboxylic acids is 1. The van der Waals surface area contributed by atoms with Crippen LogP contribution < -0.4 is 0 Å². The van der Waals surface area contributed by atoms with Crippen molar-refractivity contribution in [2.24, 2.45) is 11.8 Å². The lowest BCUT2D eigenvalue weighted by atomic mass is 9.81. The van der Waals surface area contributed by atoms with Crippen molar-refractivity contribution in [3.8, 4) is 0 Å². The molecule has 16 heavy (non-hydrogen) atoms. The van der Waals surface area contributed by atoms with Gasteiger partial charge in [-0.15, -0.1) is 0 Å². The van der Waals surface area contributed by atoms with Gasteiger partial charge in [0.25, 0.3) is 0 Å². The second-order valence-electron chi connectivity index (χ2n) is 4.21. The minimum Gasteiger partial charge on any atom is -0.497 e. The van der Waals surface area contributed by atoms with Crippen LogP contribution in [0.4, 0.5) is 0 Å². The molecule has 0 saturated heterocycles. The van der Waals surface area contributed by atoms with Gasteiger partial charge in [0.2, 0.25) is 0 Å². The lowest BCUT2D eigenvalue weighted by Crippen LogP contribution is -2.33. The minimum atomic E-state index is -0.338. The monoisotopic (exact) mass is 224 g/mol. The highest BCUT2D eigenvalue weighted by atomic mass is 16.5. The molecule has 88 valence electrons. The number of carbonyl (C=O) groups is 1. The van der Waals surface area contributed by atoms with Crippen molar-refractivity contribution in [1.29, 1.82) is 0 Å². The highest BCUT2D eigenvalue weighted by Gasteiger charge is 2.41. The molecule has 2 aliphatic rings. The molecule has 2 rings (SSSR count). The summed E-state index contributed by atoms with van der Waals surface area (Å²) in [6.45, 7) is 1.99. The molecule has 1 aliphatic heterocycles. The van der Waals surface area contributed by atoms with Crippen molar-refractivity contribution < 1.29 is 19.4 Å². The molecule has 1 aliphatic carbocycles. The Morgan fingerprint density at radius 2 is 2.44 bits per heavy atom. The van der Waals surface area contributed by atoms with Crippen molar-refractivity contribution in [2.75, 3.05) is 13.7 Å². The lowest BCUT2D eigenvalue weighted by Gasteiger charge is -2.32. The average molecular weight is 224 g/mol. The van der Waals surface area contributed by atoms with Crippen LogP contribution in [-0.4, -0.2) is 30.9 Å². The summed E-state index contributed by atoms with van der Waals surface area (Å²) < 4.78 is 10.2. The number of rotatable bonds is 2. The van der Waals surface area contributed by atoms with Crippen molar-refractivity contribution in [2.45, 2.75) is 19.4 Å². The summed E-state index contributed by atoms with van der Waals surface area (Å²) >= 11 is 0. The van der Waals surface area contributed by atoms with Gasteiger partial charge in [-0.25, -0.2) is 4.79 Å². The first-order chi connectivity index (χ1) is 7.69. The predicted molar refractivity (Wildman–Crippen MR) is 57.4 cm³/mol. The highest BCUT2D eigenvalue weighted by molar-refractivity contribution is 5.89. The Labute approximate surface area is 94.5 Å². The van der Waals surface area contributed by atoms with Gasteiger partial charge in [-0.2, -0.15) is 0 Å². The quantitative estimate of drug-likeness (QED) is 0.562. The molecule has 0 spiro atoms. The van der Waals surface area contributed by atoms with E-state index in [1.165, 1.54) is 13.4 Å². The Morgan fingerprint density at radius 1 is 1.69 bits per heavy atom. The van der Waals surface area contributed by atoms with Gasteiger partial charge in [-0.05, 0) is 18.9 Å². The van der Waals surface area contributed by atoms with E-state index in [2.05, 4.69) is 0 Å². The van der Waals surface area contributed by atoms with E-state index < -0.39 is 0 Å². The van der Waals surface area contributed by atoms with Gasteiger partial charge in [0.15, 0.2) is 0 Å². The van der Waals surface area contributed by atoms with Crippen molar-refractivity contribution in [3.63, 3.8) is 0 Å². The number of esters is 1. The van der Waals surface area contributed by atoms with E-state index in [0.29, 0.717) is 5.57 Å². The van der Waals surface area contributed by atoms with Gasteiger partial charge in [-0.3, -0.25) is 0 Å². The third kappa shape index (κ3) is 1.63. The second kappa shape index (κ2) is 4.29. The summed E-state index contributed by atoms with van der Waals surface area (Å²) in [5, 5.41) is 9.25. The zero-order valence-corrected chi connectivity index (χ0v) is 9.47. The van der Waals surface area contributed by atoms with Crippen LogP contribution in [0.1, 0.15) is 13.3 Å². The number of hydrogen-bond acceptors (Lipinski definition) is 4. The molecule has 0 amide bonds. The highest BCUT2D eigenvalue weighted by Crippen LogP contribution is 2.42. The maximum atomic E-state index is 11.6. The summed E-state index contributed by atoms with van der Waals surface area (Å²) in [5.74, 6) is -0.142. The Morgan fingerprint density at radius 3 is 3.06 bits per heavy atom. The molecule has 0 bridgehead atoms. The van der Waals surface area contributed by atoms with E-state index in [1.54, 1.807) is 0 Å². The fourth-order valence-electron chi connectivity index (χ4n) is 2.61. The van der Waals surface area contributed by atoms with Crippen molar-refractivity contribution >= 4 is 5.97 Å². The number of aliphatic hydroxyl groups is 1. The van der Waals surface area contributed by atoms with Crippen LogP contribution >= 0.6 is 0 Å². The van der Waals surface area contributed by atoms with E-state index in [-0.39, 0.29) is 30.5 Å². The predicted octanol–water partition coefficient (Wildman–Crippen LogP) is 1.02. The van der Waals surface area contributed by atoms with Gasteiger partial charge < -0.3 is 14.6 Å². The molecule has 0 radical (unpaired) electrons. The lowest BCUT2D eigenvalue weighted by molar-refractivity contribution is -0.137. The third-order valence-electron chi connectivity index (χ3n) is 3.41. The molecular formula is C12H16O4. The molecule has 4 nitrogen and oxygen atoms in total. The van der Waals surface area contributed by atoms with Crippen molar-refractivity contribution in [3.05, 3.63) is 23.5 Å². The number of allylic oxidation sites excluding steroid dienone is 1. The third-order valence-corrected chi connectivity index (χ3v) is 3.41. The minimum absolute atomic E-state index is 0.000642. The van der Waals surface area contributed by atoms with Crippen molar-refractivity contribution in [1.82, 2.24) is 0 Å². The van der Waals surface area contributed by atoms with Crippen LogP contribution in [0, 0.1) is 11.8 Å². The average Bonchev–Trinajstić information content (AvgIpc) is 2.73. The van der Waals surface area contributed by atoms with Crippen LogP contribution in [0.3, 0.4) is 0 Å². The SMILES string of the molecule is COC(=O)C1=COC(C)C2C(CO)=CCC12. The summed E-state index contributed by atoms with van der Waals surface area (Å²) in [6.07, 6.45) is 4.28. The number of ether oxygens (including phenoxy) is 2. The number of fused-ring (bicyclic) bond motifs is 1.